The number of hydrogen-bond acceptors (Lipinski definition) is 3. The molecule has 6 heteroatoms. The minimum atomic E-state index is -1.21. The number of amides is 2. The predicted octanol–water partition coefficient (Wildman–Crippen LogP) is 2.45. The second-order valence-corrected chi connectivity index (χ2v) is 7.37. The van der Waals surface area contributed by atoms with Gasteiger partial charge in [0.1, 0.15) is 11.4 Å². The van der Waals surface area contributed by atoms with E-state index in [1.807, 2.05) is 12.1 Å². The van der Waals surface area contributed by atoms with Gasteiger partial charge >= 0.3 is 6.03 Å². The van der Waals surface area contributed by atoms with Gasteiger partial charge in [0.15, 0.2) is 0 Å². The fourth-order valence-electron chi connectivity index (χ4n) is 3.67. The Balaban J connectivity index is 1.54. The summed E-state index contributed by atoms with van der Waals surface area (Å²) in [5.41, 5.74) is 0.749. The Hall–Kier alpha value is -1.82. The van der Waals surface area contributed by atoms with E-state index in [9.17, 15) is 14.3 Å². The quantitative estimate of drug-likeness (QED) is 0.892. The minimum absolute atomic E-state index is 0.0394. The lowest BCUT2D eigenvalue weighted by Gasteiger charge is -2.37. The van der Waals surface area contributed by atoms with Gasteiger partial charge in [-0.2, -0.15) is 0 Å². The van der Waals surface area contributed by atoms with Crippen molar-refractivity contribution in [2.75, 3.05) is 32.7 Å². The van der Waals surface area contributed by atoms with Gasteiger partial charge in [-0.3, -0.25) is 4.90 Å². The zero-order valence-corrected chi connectivity index (χ0v) is 14.4. The number of phenols is 1. The first-order valence-electron chi connectivity index (χ1n) is 8.61. The predicted molar refractivity (Wildman–Crippen MR) is 90.9 cm³/mol. The second-order valence-electron chi connectivity index (χ2n) is 7.37. The molecule has 24 heavy (non-hydrogen) atoms. The number of carbonyl (C=O) groups excluding carboxylic acids is 1. The van der Waals surface area contributed by atoms with E-state index in [-0.39, 0.29) is 12.1 Å². The number of halogens is 1. The third-order valence-electron chi connectivity index (χ3n) is 4.80. The number of phenolic OH excluding ortho intramolecular Hbond substituents is 1. The summed E-state index contributed by atoms with van der Waals surface area (Å²) in [5, 5.41) is 13.0. The average molecular weight is 335 g/mol. The largest absolute Gasteiger partial charge is 0.508 e. The molecule has 2 aliphatic rings. The van der Waals surface area contributed by atoms with E-state index < -0.39 is 5.67 Å². The molecule has 1 saturated heterocycles. The Kier molecular flexibility index (Phi) is 4.67. The number of nitrogens with zero attached hydrogens (tertiary/aromatic N) is 2. The molecule has 132 valence electrons. The van der Waals surface area contributed by atoms with Crippen molar-refractivity contribution in [1.82, 2.24) is 15.1 Å². The lowest BCUT2D eigenvalue weighted by atomic mass is 10.1. The third kappa shape index (κ3) is 3.80. The average Bonchev–Trinajstić information content (AvgIpc) is 2.91. The molecular weight excluding hydrogens is 309 g/mol. The van der Waals surface area contributed by atoms with Crippen molar-refractivity contribution in [3.8, 4) is 5.75 Å². The highest BCUT2D eigenvalue weighted by molar-refractivity contribution is 5.75. The van der Waals surface area contributed by atoms with E-state index in [1.54, 1.807) is 24.8 Å². The molecule has 1 unspecified atom stereocenters. The molecular formula is C18H26FN3O2. The van der Waals surface area contributed by atoms with Gasteiger partial charge in [-0.25, -0.2) is 9.18 Å². The van der Waals surface area contributed by atoms with Gasteiger partial charge < -0.3 is 15.3 Å². The summed E-state index contributed by atoms with van der Waals surface area (Å²) in [4.78, 5) is 16.4. The molecule has 2 N–H and O–H groups in total. The van der Waals surface area contributed by atoms with Crippen LogP contribution in [0.3, 0.4) is 0 Å². The van der Waals surface area contributed by atoms with Crippen LogP contribution in [-0.2, 0) is 6.42 Å². The minimum Gasteiger partial charge on any atom is -0.508 e. The number of aromatic hydroxyl groups is 1. The fraction of sp³-hybridized carbons (Fsp3) is 0.611. The van der Waals surface area contributed by atoms with Crippen molar-refractivity contribution in [3.63, 3.8) is 0 Å². The molecule has 0 aromatic heterocycles. The standard InChI is InChI=1S/C18H26FN3O2/c1-18(2,19)12-21-8-10-22(11-9-21)17(24)20-15-7-6-14-13(15)4-3-5-16(14)23/h3-5,15,23H,6-12H2,1-2H3,(H,20,24). The molecule has 0 bridgehead atoms. The van der Waals surface area contributed by atoms with Crippen LogP contribution in [0.25, 0.3) is 0 Å². The molecule has 2 amide bonds. The molecule has 1 aromatic carbocycles. The zero-order valence-electron chi connectivity index (χ0n) is 14.4. The Morgan fingerprint density at radius 1 is 1.33 bits per heavy atom. The smallest absolute Gasteiger partial charge is 0.317 e. The van der Waals surface area contributed by atoms with E-state index in [0.29, 0.717) is 38.5 Å². The summed E-state index contributed by atoms with van der Waals surface area (Å²) in [7, 11) is 0. The molecule has 3 rings (SSSR count). The van der Waals surface area contributed by atoms with Crippen LogP contribution in [0.4, 0.5) is 9.18 Å². The molecule has 1 heterocycles. The number of nitrogens with one attached hydrogen (secondary N) is 1. The lowest BCUT2D eigenvalue weighted by Crippen LogP contribution is -2.53. The van der Waals surface area contributed by atoms with Crippen LogP contribution in [0.2, 0.25) is 0 Å². The van der Waals surface area contributed by atoms with Crippen LogP contribution in [-0.4, -0.2) is 59.3 Å². The molecule has 1 aromatic rings. The van der Waals surface area contributed by atoms with Gasteiger partial charge in [0.05, 0.1) is 6.04 Å². The summed E-state index contributed by atoms with van der Waals surface area (Å²) in [6.07, 6.45) is 1.60. The first kappa shape index (κ1) is 17.0. The van der Waals surface area contributed by atoms with Crippen molar-refractivity contribution in [1.29, 1.82) is 0 Å². The lowest BCUT2D eigenvalue weighted by molar-refractivity contribution is 0.0848. The van der Waals surface area contributed by atoms with Crippen LogP contribution in [0, 0.1) is 0 Å². The first-order valence-corrected chi connectivity index (χ1v) is 8.61. The number of rotatable bonds is 3. The summed E-state index contributed by atoms with van der Waals surface area (Å²) >= 11 is 0. The van der Waals surface area contributed by atoms with Crippen molar-refractivity contribution in [3.05, 3.63) is 29.3 Å². The maximum Gasteiger partial charge on any atom is 0.317 e. The number of fused-ring (bicyclic) bond motifs is 1. The van der Waals surface area contributed by atoms with Crippen molar-refractivity contribution >= 4 is 6.03 Å². The fourth-order valence-corrected chi connectivity index (χ4v) is 3.67. The van der Waals surface area contributed by atoms with Gasteiger partial charge in [-0.15, -0.1) is 0 Å². The molecule has 1 fully saturated rings. The number of carbonyl (C=O) groups is 1. The summed E-state index contributed by atoms with van der Waals surface area (Å²) in [5.74, 6) is 0.312. The van der Waals surface area contributed by atoms with Gasteiger partial charge in [-0.1, -0.05) is 12.1 Å². The van der Waals surface area contributed by atoms with Gasteiger partial charge in [0, 0.05) is 32.7 Å². The van der Waals surface area contributed by atoms with E-state index in [4.69, 9.17) is 0 Å². The number of benzene rings is 1. The Labute approximate surface area is 142 Å². The molecule has 5 nitrogen and oxygen atoms in total. The Bertz CT molecular complexity index is 607. The van der Waals surface area contributed by atoms with Crippen LogP contribution < -0.4 is 5.32 Å². The summed E-state index contributed by atoms with van der Waals surface area (Å²) in [6.45, 7) is 6.19. The molecule has 0 spiro atoms. The van der Waals surface area contributed by atoms with E-state index in [1.165, 1.54) is 0 Å². The first-order chi connectivity index (χ1) is 11.3. The maximum atomic E-state index is 13.7. The maximum absolute atomic E-state index is 13.7. The number of alkyl halides is 1. The monoisotopic (exact) mass is 335 g/mol. The highest BCUT2D eigenvalue weighted by Crippen LogP contribution is 2.36. The molecule has 1 atom stereocenters. The van der Waals surface area contributed by atoms with E-state index in [2.05, 4.69) is 10.2 Å². The van der Waals surface area contributed by atoms with Gasteiger partial charge in [-0.05, 0) is 43.9 Å². The van der Waals surface area contributed by atoms with Gasteiger partial charge in [0.2, 0.25) is 0 Å². The normalized spacial score (nSPS) is 21.6. The van der Waals surface area contributed by atoms with E-state index >= 15 is 0 Å². The van der Waals surface area contributed by atoms with Crippen molar-refractivity contribution < 1.29 is 14.3 Å². The van der Waals surface area contributed by atoms with Gasteiger partial charge in [0.25, 0.3) is 0 Å². The third-order valence-corrected chi connectivity index (χ3v) is 4.80. The molecule has 0 saturated carbocycles. The molecule has 1 aliphatic heterocycles. The van der Waals surface area contributed by atoms with Crippen molar-refractivity contribution in [2.24, 2.45) is 0 Å². The molecule has 0 radical (unpaired) electrons. The highest BCUT2D eigenvalue weighted by Gasteiger charge is 2.30. The topological polar surface area (TPSA) is 55.8 Å². The Morgan fingerprint density at radius 3 is 2.71 bits per heavy atom. The van der Waals surface area contributed by atoms with Crippen LogP contribution in [0.1, 0.15) is 37.4 Å². The number of piperazine rings is 1. The van der Waals surface area contributed by atoms with E-state index in [0.717, 1.165) is 24.0 Å². The molecule has 1 aliphatic carbocycles. The summed E-state index contributed by atoms with van der Waals surface area (Å²) in [6, 6.07) is 5.36. The van der Waals surface area contributed by atoms with Crippen LogP contribution in [0.15, 0.2) is 18.2 Å². The Morgan fingerprint density at radius 2 is 2.04 bits per heavy atom. The summed E-state index contributed by atoms with van der Waals surface area (Å²) < 4.78 is 13.7. The van der Waals surface area contributed by atoms with Crippen molar-refractivity contribution in [2.45, 2.75) is 38.4 Å². The SMILES string of the molecule is CC(C)(F)CN1CCN(C(=O)NC2CCc3c(O)cccc32)CC1. The van der Waals surface area contributed by atoms with Crippen LogP contribution >= 0.6 is 0 Å². The second kappa shape index (κ2) is 6.59. The number of hydrogen-bond donors (Lipinski definition) is 2. The van der Waals surface area contributed by atoms with Crippen LogP contribution in [0.5, 0.6) is 5.75 Å². The highest BCUT2D eigenvalue weighted by atomic mass is 19.1. The zero-order chi connectivity index (χ0) is 17.3. The number of urea groups is 1.